The summed E-state index contributed by atoms with van der Waals surface area (Å²) < 4.78 is 5.21. The standard InChI is InChI=1S/C17H22O2/c1-4-6-7-14(13-10-8-12(3)9-11-13)16-15(5-2)19-17(16)18/h8-11,15H,4-7H2,1-3H3/b16-14-. The van der Waals surface area contributed by atoms with E-state index in [0.717, 1.165) is 31.3 Å². The van der Waals surface area contributed by atoms with Crippen LogP contribution in [0.4, 0.5) is 0 Å². The summed E-state index contributed by atoms with van der Waals surface area (Å²) in [6.45, 7) is 6.31. The van der Waals surface area contributed by atoms with Crippen LogP contribution >= 0.6 is 0 Å². The van der Waals surface area contributed by atoms with Gasteiger partial charge in [-0.25, -0.2) is 4.79 Å². The molecule has 1 aliphatic heterocycles. The highest BCUT2D eigenvalue weighted by Gasteiger charge is 2.37. The zero-order valence-electron chi connectivity index (χ0n) is 12.0. The van der Waals surface area contributed by atoms with Crippen LogP contribution in [0.3, 0.4) is 0 Å². The van der Waals surface area contributed by atoms with E-state index in [1.807, 2.05) is 0 Å². The SMILES string of the molecule is CCCC/C(=C1/C(=O)OC1CC)c1ccc(C)cc1. The highest BCUT2D eigenvalue weighted by molar-refractivity contribution is 6.03. The first-order valence-electron chi connectivity index (χ1n) is 7.18. The van der Waals surface area contributed by atoms with Crippen molar-refractivity contribution in [1.29, 1.82) is 0 Å². The number of aryl methyl sites for hydroxylation is 1. The number of unbranched alkanes of at least 4 members (excludes halogenated alkanes) is 1. The Morgan fingerprint density at radius 3 is 2.42 bits per heavy atom. The summed E-state index contributed by atoms with van der Waals surface area (Å²) >= 11 is 0. The highest BCUT2D eigenvalue weighted by Crippen LogP contribution is 2.35. The lowest BCUT2D eigenvalue weighted by Crippen LogP contribution is -2.37. The van der Waals surface area contributed by atoms with Crippen LogP contribution in [0.15, 0.2) is 29.8 Å². The number of esters is 1. The molecule has 1 atom stereocenters. The van der Waals surface area contributed by atoms with Crippen molar-refractivity contribution in [3.05, 3.63) is 41.0 Å². The maximum atomic E-state index is 11.8. The molecule has 0 saturated carbocycles. The molecule has 1 aromatic rings. The third-order valence-corrected chi connectivity index (χ3v) is 3.67. The second-order valence-corrected chi connectivity index (χ2v) is 5.16. The first kappa shape index (κ1) is 13.9. The van der Waals surface area contributed by atoms with Crippen molar-refractivity contribution in [2.75, 3.05) is 0 Å². The van der Waals surface area contributed by atoms with E-state index in [0.29, 0.717) is 0 Å². The summed E-state index contributed by atoms with van der Waals surface area (Å²) in [5, 5.41) is 0. The number of hydrogen-bond acceptors (Lipinski definition) is 2. The molecule has 2 rings (SSSR count). The van der Waals surface area contributed by atoms with Crippen molar-refractivity contribution >= 4 is 11.5 Å². The zero-order chi connectivity index (χ0) is 13.8. The molecule has 102 valence electrons. The Kier molecular flexibility index (Phi) is 4.41. The zero-order valence-corrected chi connectivity index (χ0v) is 12.0. The van der Waals surface area contributed by atoms with Gasteiger partial charge in [0.2, 0.25) is 0 Å². The van der Waals surface area contributed by atoms with Crippen molar-refractivity contribution in [2.24, 2.45) is 0 Å². The van der Waals surface area contributed by atoms with Crippen LogP contribution in [0, 0.1) is 6.92 Å². The van der Waals surface area contributed by atoms with E-state index in [1.54, 1.807) is 0 Å². The van der Waals surface area contributed by atoms with E-state index < -0.39 is 0 Å². The molecule has 1 heterocycles. The molecule has 0 aromatic heterocycles. The number of carbonyl (C=O) groups is 1. The lowest BCUT2D eigenvalue weighted by molar-refractivity contribution is -0.155. The largest absolute Gasteiger partial charge is 0.454 e. The van der Waals surface area contributed by atoms with Gasteiger partial charge in [-0.05, 0) is 37.3 Å². The summed E-state index contributed by atoms with van der Waals surface area (Å²) in [5.41, 5.74) is 4.50. The number of rotatable bonds is 5. The molecule has 1 aliphatic rings. The van der Waals surface area contributed by atoms with Gasteiger partial charge in [0.05, 0.1) is 5.57 Å². The molecule has 0 bridgehead atoms. The lowest BCUT2D eigenvalue weighted by Gasteiger charge is -2.31. The lowest BCUT2D eigenvalue weighted by atomic mass is 9.88. The Bertz CT molecular complexity index is 482. The van der Waals surface area contributed by atoms with Gasteiger partial charge in [-0.15, -0.1) is 0 Å². The normalized spacial score (nSPS) is 20.8. The Morgan fingerprint density at radius 1 is 1.21 bits per heavy atom. The van der Waals surface area contributed by atoms with Crippen LogP contribution in [-0.4, -0.2) is 12.1 Å². The quantitative estimate of drug-likeness (QED) is 0.582. The van der Waals surface area contributed by atoms with E-state index >= 15 is 0 Å². The minimum Gasteiger partial charge on any atom is -0.454 e. The molecule has 0 N–H and O–H groups in total. The third kappa shape index (κ3) is 2.89. The predicted octanol–water partition coefficient (Wildman–Crippen LogP) is 4.27. The summed E-state index contributed by atoms with van der Waals surface area (Å²) in [7, 11) is 0. The van der Waals surface area contributed by atoms with Crippen LogP contribution < -0.4 is 0 Å². The van der Waals surface area contributed by atoms with Gasteiger partial charge in [0.25, 0.3) is 0 Å². The van der Waals surface area contributed by atoms with Gasteiger partial charge in [-0.2, -0.15) is 0 Å². The average molecular weight is 258 g/mol. The van der Waals surface area contributed by atoms with E-state index in [9.17, 15) is 4.79 Å². The second-order valence-electron chi connectivity index (χ2n) is 5.16. The average Bonchev–Trinajstić information content (AvgIpc) is 2.41. The highest BCUT2D eigenvalue weighted by atomic mass is 16.6. The maximum absolute atomic E-state index is 11.8. The number of carbonyl (C=O) groups excluding carboxylic acids is 1. The van der Waals surface area contributed by atoms with Crippen LogP contribution in [0.5, 0.6) is 0 Å². The number of allylic oxidation sites excluding steroid dienone is 1. The fourth-order valence-electron chi connectivity index (χ4n) is 2.47. The molecular weight excluding hydrogens is 236 g/mol. The molecule has 0 spiro atoms. The summed E-state index contributed by atoms with van der Waals surface area (Å²) in [6, 6.07) is 8.44. The molecule has 1 saturated heterocycles. The maximum Gasteiger partial charge on any atom is 0.338 e. The topological polar surface area (TPSA) is 26.3 Å². The Hall–Kier alpha value is -1.57. The number of hydrogen-bond donors (Lipinski definition) is 0. The van der Waals surface area contributed by atoms with E-state index in [-0.39, 0.29) is 12.1 Å². The van der Waals surface area contributed by atoms with Crippen molar-refractivity contribution in [1.82, 2.24) is 0 Å². The van der Waals surface area contributed by atoms with Gasteiger partial charge >= 0.3 is 5.97 Å². The minimum atomic E-state index is -0.126. The molecule has 2 heteroatoms. The van der Waals surface area contributed by atoms with E-state index in [2.05, 4.69) is 45.0 Å². The molecule has 1 fully saturated rings. The Balaban J connectivity index is 2.37. The van der Waals surface area contributed by atoms with Crippen molar-refractivity contribution in [2.45, 2.75) is 52.6 Å². The number of cyclic esters (lactones) is 1. The van der Waals surface area contributed by atoms with Crippen molar-refractivity contribution < 1.29 is 9.53 Å². The van der Waals surface area contributed by atoms with Crippen LogP contribution in [0.2, 0.25) is 0 Å². The number of benzene rings is 1. The van der Waals surface area contributed by atoms with E-state index in [1.165, 1.54) is 16.7 Å². The molecule has 1 unspecified atom stereocenters. The Morgan fingerprint density at radius 2 is 1.89 bits per heavy atom. The minimum absolute atomic E-state index is 0.000610. The Labute approximate surface area is 115 Å². The van der Waals surface area contributed by atoms with Gasteiger partial charge in [-0.3, -0.25) is 0 Å². The monoisotopic (exact) mass is 258 g/mol. The fraction of sp³-hybridized carbons (Fsp3) is 0.471. The predicted molar refractivity (Wildman–Crippen MR) is 77.8 cm³/mol. The second kappa shape index (κ2) is 6.05. The van der Waals surface area contributed by atoms with Gasteiger partial charge in [0.15, 0.2) is 0 Å². The molecule has 0 amide bonds. The first-order valence-corrected chi connectivity index (χ1v) is 7.18. The molecule has 2 nitrogen and oxygen atoms in total. The van der Waals surface area contributed by atoms with Gasteiger partial charge < -0.3 is 4.74 Å². The summed E-state index contributed by atoms with van der Waals surface area (Å²) in [5.74, 6) is -0.126. The van der Waals surface area contributed by atoms with Gasteiger partial charge in [-0.1, -0.05) is 50.1 Å². The van der Waals surface area contributed by atoms with E-state index in [4.69, 9.17) is 4.74 Å². The van der Waals surface area contributed by atoms with Crippen LogP contribution in [0.25, 0.3) is 5.57 Å². The third-order valence-electron chi connectivity index (χ3n) is 3.67. The molecule has 19 heavy (non-hydrogen) atoms. The van der Waals surface area contributed by atoms with Crippen LogP contribution in [0.1, 0.15) is 50.7 Å². The van der Waals surface area contributed by atoms with Crippen molar-refractivity contribution in [3.63, 3.8) is 0 Å². The summed E-state index contributed by atoms with van der Waals surface area (Å²) in [6.07, 6.45) is 4.06. The van der Waals surface area contributed by atoms with Crippen molar-refractivity contribution in [3.8, 4) is 0 Å². The summed E-state index contributed by atoms with van der Waals surface area (Å²) in [4.78, 5) is 11.8. The van der Waals surface area contributed by atoms with Gasteiger partial charge in [0.1, 0.15) is 6.10 Å². The molecular formula is C17H22O2. The molecule has 0 aliphatic carbocycles. The molecule has 1 aromatic carbocycles. The number of ether oxygens (including phenoxy) is 1. The van der Waals surface area contributed by atoms with Gasteiger partial charge in [0, 0.05) is 0 Å². The smallest absolute Gasteiger partial charge is 0.338 e. The first-order chi connectivity index (χ1) is 9.17. The fourth-order valence-corrected chi connectivity index (χ4v) is 2.47. The van der Waals surface area contributed by atoms with Crippen LogP contribution in [-0.2, 0) is 9.53 Å². The molecule has 0 radical (unpaired) electrons.